The van der Waals surface area contributed by atoms with Gasteiger partial charge < -0.3 is 0 Å². The summed E-state index contributed by atoms with van der Waals surface area (Å²) in [4.78, 5) is 25.0. The van der Waals surface area contributed by atoms with E-state index in [0.29, 0.717) is 16.3 Å². The highest BCUT2D eigenvalue weighted by molar-refractivity contribution is 6.04. The third-order valence-corrected chi connectivity index (χ3v) is 3.78. The zero-order valence-electron chi connectivity index (χ0n) is 14.3. The van der Waals surface area contributed by atoms with Crippen LogP contribution in [0.4, 0.5) is 4.39 Å². The number of fused-ring (bicyclic) bond motifs is 1. The summed E-state index contributed by atoms with van der Waals surface area (Å²) in [5.74, 6) is -0.883. The normalized spacial score (nSPS) is 11.4. The van der Waals surface area contributed by atoms with Crippen LogP contribution in [0.5, 0.6) is 0 Å². The molecule has 26 heavy (non-hydrogen) atoms. The van der Waals surface area contributed by atoms with Crippen molar-refractivity contribution in [3.05, 3.63) is 76.0 Å². The third kappa shape index (κ3) is 3.51. The second-order valence-corrected chi connectivity index (χ2v) is 5.99. The Bertz CT molecular complexity index is 1040. The lowest BCUT2D eigenvalue weighted by atomic mass is 10.1. The van der Waals surface area contributed by atoms with E-state index in [4.69, 9.17) is 0 Å². The lowest BCUT2D eigenvalue weighted by Crippen LogP contribution is -2.30. The summed E-state index contributed by atoms with van der Waals surface area (Å²) in [6.45, 7) is 3.63. The zero-order chi connectivity index (χ0) is 18.7. The Kier molecular flexibility index (Phi) is 4.88. The van der Waals surface area contributed by atoms with Crippen LogP contribution >= 0.6 is 0 Å². The first kappa shape index (κ1) is 17.5. The van der Waals surface area contributed by atoms with Gasteiger partial charge in [-0.25, -0.2) is 14.5 Å². The summed E-state index contributed by atoms with van der Waals surface area (Å²) in [6.07, 6.45) is 1.40. The van der Waals surface area contributed by atoms with Gasteiger partial charge in [0.2, 0.25) is 0 Å². The monoisotopic (exact) mass is 352 g/mol. The molecule has 3 aromatic rings. The van der Waals surface area contributed by atoms with Crippen LogP contribution in [0.3, 0.4) is 0 Å². The third-order valence-electron chi connectivity index (χ3n) is 3.78. The molecule has 0 aliphatic heterocycles. The van der Waals surface area contributed by atoms with E-state index in [2.05, 4.69) is 15.6 Å². The number of halogens is 1. The summed E-state index contributed by atoms with van der Waals surface area (Å²) in [7, 11) is 0. The molecule has 2 aromatic carbocycles. The van der Waals surface area contributed by atoms with Gasteiger partial charge in [0.1, 0.15) is 5.82 Å². The Balaban J connectivity index is 1.94. The quantitative estimate of drug-likeness (QED) is 0.579. The van der Waals surface area contributed by atoms with Gasteiger partial charge in [0, 0.05) is 5.39 Å². The summed E-state index contributed by atoms with van der Waals surface area (Å²) in [5, 5.41) is 8.96. The molecule has 0 unspecified atom stereocenters. The second kappa shape index (κ2) is 7.26. The Morgan fingerprint density at radius 1 is 1.15 bits per heavy atom. The minimum Gasteiger partial charge on any atom is -0.267 e. The highest BCUT2D eigenvalue weighted by atomic mass is 19.1. The van der Waals surface area contributed by atoms with Gasteiger partial charge in [0.25, 0.3) is 11.5 Å². The molecular weight excluding hydrogens is 335 g/mol. The molecule has 0 fully saturated rings. The van der Waals surface area contributed by atoms with Crippen LogP contribution < -0.4 is 11.0 Å². The molecule has 3 rings (SSSR count). The van der Waals surface area contributed by atoms with Gasteiger partial charge in [-0.1, -0.05) is 30.3 Å². The van der Waals surface area contributed by atoms with Crippen LogP contribution in [-0.2, 0) is 0 Å². The van der Waals surface area contributed by atoms with Gasteiger partial charge >= 0.3 is 0 Å². The van der Waals surface area contributed by atoms with E-state index in [0.717, 1.165) is 0 Å². The number of hydrogen-bond donors (Lipinski definition) is 1. The van der Waals surface area contributed by atoms with Crippen LogP contribution in [0.2, 0.25) is 0 Å². The number of rotatable bonds is 4. The van der Waals surface area contributed by atoms with Crippen molar-refractivity contribution in [1.29, 1.82) is 0 Å². The summed E-state index contributed by atoms with van der Waals surface area (Å²) in [6, 6.07) is 12.3. The molecule has 0 spiro atoms. The molecule has 0 aliphatic rings. The van der Waals surface area contributed by atoms with Crippen molar-refractivity contribution in [3.8, 4) is 0 Å². The molecule has 0 radical (unpaired) electrons. The van der Waals surface area contributed by atoms with Gasteiger partial charge in [-0.3, -0.25) is 9.59 Å². The average molecular weight is 352 g/mol. The average Bonchev–Trinajstić information content (AvgIpc) is 2.63. The first-order valence-corrected chi connectivity index (χ1v) is 8.08. The maximum Gasteiger partial charge on any atom is 0.292 e. The number of carbonyl (C=O) groups excluding carboxylic acids is 1. The number of amides is 1. The maximum atomic E-state index is 12.9. The predicted molar refractivity (Wildman–Crippen MR) is 97.8 cm³/mol. The lowest BCUT2D eigenvalue weighted by Gasteiger charge is -2.12. The van der Waals surface area contributed by atoms with Crippen LogP contribution in [-0.4, -0.2) is 21.9 Å². The second-order valence-electron chi connectivity index (χ2n) is 5.99. The fraction of sp³-hybridized carbons (Fsp3) is 0.158. The van der Waals surface area contributed by atoms with E-state index in [1.807, 2.05) is 13.8 Å². The van der Waals surface area contributed by atoms with Crippen molar-refractivity contribution in [2.75, 3.05) is 0 Å². The zero-order valence-corrected chi connectivity index (χ0v) is 14.3. The van der Waals surface area contributed by atoms with Crippen LogP contribution in [0.15, 0.2) is 58.4 Å². The predicted octanol–water partition coefficient (Wildman–Crippen LogP) is 2.88. The number of hydrogen-bond acceptors (Lipinski definition) is 4. The summed E-state index contributed by atoms with van der Waals surface area (Å²) >= 11 is 0. The van der Waals surface area contributed by atoms with E-state index >= 15 is 0 Å². The highest BCUT2D eigenvalue weighted by Crippen LogP contribution is 2.14. The van der Waals surface area contributed by atoms with Crippen molar-refractivity contribution < 1.29 is 9.18 Å². The number of nitrogens with one attached hydrogen (secondary N) is 1. The van der Waals surface area contributed by atoms with Crippen LogP contribution in [0, 0.1) is 5.82 Å². The van der Waals surface area contributed by atoms with E-state index in [1.54, 1.807) is 24.3 Å². The smallest absolute Gasteiger partial charge is 0.267 e. The molecule has 0 saturated carbocycles. The van der Waals surface area contributed by atoms with Gasteiger partial charge in [-0.2, -0.15) is 10.2 Å². The summed E-state index contributed by atoms with van der Waals surface area (Å²) in [5.41, 5.74) is 2.90. The van der Waals surface area contributed by atoms with Crippen LogP contribution in [0.1, 0.15) is 35.9 Å². The molecule has 1 heterocycles. The van der Waals surface area contributed by atoms with Crippen molar-refractivity contribution >= 4 is 22.9 Å². The molecule has 0 aliphatic carbocycles. The van der Waals surface area contributed by atoms with E-state index in [1.165, 1.54) is 35.2 Å². The van der Waals surface area contributed by atoms with E-state index < -0.39 is 5.91 Å². The molecule has 1 amide bonds. The van der Waals surface area contributed by atoms with Gasteiger partial charge in [-0.15, -0.1) is 0 Å². The van der Waals surface area contributed by atoms with Gasteiger partial charge in [-0.05, 0) is 37.6 Å². The van der Waals surface area contributed by atoms with Crippen LogP contribution in [0.25, 0.3) is 10.8 Å². The van der Waals surface area contributed by atoms with Gasteiger partial charge in [0.15, 0.2) is 5.69 Å². The number of aromatic nitrogens is 2. The largest absolute Gasteiger partial charge is 0.292 e. The van der Waals surface area contributed by atoms with Crippen molar-refractivity contribution in [2.24, 2.45) is 5.10 Å². The molecule has 132 valence electrons. The molecule has 1 aromatic heterocycles. The van der Waals surface area contributed by atoms with E-state index in [9.17, 15) is 14.0 Å². The topological polar surface area (TPSA) is 76.3 Å². The lowest BCUT2D eigenvalue weighted by molar-refractivity contribution is 0.0949. The number of carbonyl (C=O) groups is 1. The molecular formula is C19H17FN4O2. The Hall–Kier alpha value is -3.35. The maximum absolute atomic E-state index is 12.9. The first-order chi connectivity index (χ1) is 12.5. The highest BCUT2D eigenvalue weighted by Gasteiger charge is 2.17. The van der Waals surface area contributed by atoms with E-state index in [-0.39, 0.29) is 23.1 Å². The minimum absolute atomic E-state index is 0.116. The molecule has 6 nitrogen and oxygen atoms in total. The minimum atomic E-state index is -0.533. The molecule has 0 bridgehead atoms. The van der Waals surface area contributed by atoms with Crippen molar-refractivity contribution in [3.63, 3.8) is 0 Å². The first-order valence-electron chi connectivity index (χ1n) is 8.08. The molecule has 0 saturated heterocycles. The fourth-order valence-electron chi connectivity index (χ4n) is 2.49. The number of benzene rings is 2. The Labute approximate surface area is 149 Å². The summed E-state index contributed by atoms with van der Waals surface area (Å²) < 4.78 is 14.2. The molecule has 0 atom stereocenters. The molecule has 7 heteroatoms. The molecule has 1 N–H and O–H groups in total. The van der Waals surface area contributed by atoms with Gasteiger partial charge in [0.05, 0.1) is 17.6 Å². The SMILES string of the molecule is CC(C)n1nc(C(=O)N/N=C\c2ccc(F)cc2)c2ccccc2c1=O. The number of nitrogens with zero attached hydrogens (tertiary/aromatic N) is 3. The Morgan fingerprint density at radius 2 is 1.81 bits per heavy atom. The standard InChI is InChI=1S/C19H17FN4O2/c1-12(2)24-19(26)16-6-4-3-5-15(16)17(23-24)18(25)22-21-11-13-7-9-14(20)10-8-13/h3-12H,1-2H3,(H,22,25)/b21-11-. The van der Waals surface area contributed by atoms with Crippen molar-refractivity contribution in [1.82, 2.24) is 15.2 Å². The Morgan fingerprint density at radius 3 is 2.46 bits per heavy atom. The van der Waals surface area contributed by atoms with Crippen molar-refractivity contribution in [2.45, 2.75) is 19.9 Å². The number of hydrazone groups is 1. The fourth-order valence-corrected chi connectivity index (χ4v) is 2.49.